The van der Waals surface area contributed by atoms with Crippen LogP contribution in [0.3, 0.4) is 0 Å². The molecule has 0 bridgehead atoms. The number of hydrogen-bond donors (Lipinski definition) is 1. The Bertz CT molecular complexity index is 774. The third-order valence-electron chi connectivity index (χ3n) is 2.73. The second kappa shape index (κ2) is 5.44. The van der Waals surface area contributed by atoms with Crippen molar-refractivity contribution >= 4 is 23.3 Å². The Morgan fingerprint density at radius 2 is 2.33 bits per heavy atom. The molecule has 0 radical (unpaired) electrons. The predicted octanol–water partition coefficient (Wildman–Crippen LogP) is 1.97. The van der Waals surface area contributed by atoms with Crippen LogP contribution >= 0.6 is 11.3 Å². The van der Waals surface area contributed by atoms with E-state index in [0.29, 0.717) is 17.9 Å². The first-order chi connectivity index (χ1) is 10.2. The van der Waals surface area contributed by atoms with Crippen LogP contribution in [0.15, 0.2) is 22.1 Å². The molecule has 0 unspecified atom stereocenters. The Balaban J connectivity index is 1.77. The Labute approximate surface area is 123 Å². The van der Waals surface area contributed by atoms with Crippen molar-refractivity contribution in [1.82, 2.24) is 25.0 Å². The summed E-state index contributed by atoms with van der Waals surface area (Å²) in [5, 5.41) is 17.0. The maximum atomic E-state index is 12.1. The molecule has 0 saturated carbocycles. The summed E-state index contributed by atoms with van der Waals surface area (Å²) in [7, 11) is 0. The van der Waals surface area contributed by atoms with Gasteiger partial charge in [0, 0.05) is 18.1 Å². The van der Waals surface area contributed by atoms with Crippen molar-refractivity contribution < 1.29 is 9.21 Å². The fourth-order valence-electron chi connectivity index (χ4n) is 1.78. The van der Waals surface area contributed by atoms with Crippen LogP contribution in [0.25, 0.3) is 11.6 Å². The fourth-order valence-corrected chi connectivity index (χ4v) is 2.36. The zero-order valence-corrected chi connectivity index (χ0v) is 12.2. The van der Waals surface area contributed by atoms with Gasteiger partial charge in [-0.25, -0.2) is 4.98 Å². The van der Waals surface area contributed by atoms with Crippen LogP contribution in [-0.4, -0.2) is 30.9 Å². The number of rotatable bonds is 4. The number of hydrogen-bond acceptors (Lipinski definition) is 7. The van der Waals surface area contributed by atoms with E-state index >= 15 is 0 Å². The standard InChI is InChI=1S/C12H12N6O2S/c1-3-18-9(4-5-13-18)10(19)15-12-17-16-11(20-12)8-6-21-7(2)14-8/h4-6H,3H2,1-2H3,(H,15,17,19). The fraction of sp³-hybridized carbons (Fsp3) is 0.250. The first-order valence-electron chi connectivity index (χ1n) is 6.26. The SMILES string of the molecule is CCn1nccc1C(=O)Nc1nnc(-c2csc(C)n2)o1. The number of thiazole rings is 1. The molecule has 3 rings (SSSR count). The molecule has 1 amide bonds. The van der Waals surface area contributed by atoms with Crippen molar-refractivity contribution in [2.24, 2.45) is 0 Å². The highest BCUT2D eigenvalue weighted by atomic mass is 32.1. The highest BCUT2D eigenvalue weighted by Crippen LogP contribution is 2.21. The van der Waals surface area contributed by atoms with Crippen molar-refractivity contribution in [3.63, 3.8) is 0 Å². The molecule has 0 aliphatic carbocycles. The summed E-state index contributed by atoms with van der Waals surface area (Å²) in [6, 6.07) is 1.66. The van der Waals surface area contributed by atoms with Crippen LogP contribution in [-0.2, 0) is 6.54 Å². The molecule has 3 heterocycles. The molecule has 21 heavy (non-hydrogen) atoms. The molecular weight excluding hydrogens is 292 g/mol. The number of carbonyl (C=O) groups is 1. The van der Waals surface area contributed by atoms with Gasteiger partial charge >= 0.3 is 6.01 Å². The molecule has 3 aromatic heterocycles. The van der Waals surface area contributed by atoms with Crippen LogP contribution in [0.5, 0.6) is 0 Å². The van der Waals surface area contributed by atoms with Gasteiger partial charge in [0.1, 0.15) is 11.4 Å². The van der Waals surface area contributed by atoms with E-state index in [1.807, 2.05) is 19.2 Å². The molecule has 8 nitrogen and oxygen atoms in total. The lowest BCUT2D eigenvalue weighted by Gasteiger charge is -2.02. The van der Waals surface area contributed by atoms with Gasteiger partial charge in [-0.2, -0.15) is 5.10 Å². The Morgan fingerprint density at radius 3 is 3.05 bits per heavy atom. The Hall–Kier alpha value is -2.55. The van der Waals surface area contributed by atoms with Gasteiger partial charge in [0.2, 0.25) is 0 Å². The highest BCUT2D eigenvalue weighted by Gasteiger charge is 2.16. The normalized spacial score (nSPS) is 10.8. The molecule has 0 spiro atoms. The van der Waals surface area contributed by atoms with Crippen LogP contribution in [0.4, 0.5) is 6.01 Å². The maximum Gasteiger partial charge on any atom is 0.322 e. The zero-order chi connectivity index (χ0) is 14.8. The van der Waals surface area contributed by atoms with Gasteiger partial charge in [-0.1, -0.05) is 5.10 Å². The van der Waals surface area contributed by atoms with Crippen LogP contribution in [0, 0.1) is 6.92 Å². The van der Waals surface area contributed by atoms with Crippen molar-refractivity contribution in [3.05, 3.63) is 28.3 Å². The van der Waals surface area contributed by atoms with Crippen molar-refractivity contribution in [2.75, 3.05) is 5.32 Å². The number of nitrogens with zero attached hydrogens (tertiary/aromatic N) is 5. The van der Waals surface area contributed by atoms with E-state index in [1.54, 1.807) is 16.9 Å². The average Bonchev–Trinajstić information content (AvgIpc) is 3.17. The number of carbonyl (C=O) groups excluding carboxylic acids is 1. The minimum atomic E-state index is -0.348. The lowest BCUT2D eigenvalue weighted by molar-refractivity contribution is 0.101. The molecule has 1 N–H and O–H groups in total. The highest BCUT2D eigenvalue weighted by molar-refractivity contribution is 7.09. The molecule has 0 aliphatic heterocycles. The van der Waals surface area contributed by atoms with Gasteiger partial charge in [0.25, 0.3) is 11.8 Å². The second-order valence-corrected chi connectivity index (χ2v) is 5.21. The molecule has 0 atom stereocenters. The van der Waals surface area contributed by atoms with E-state index in [9.17, 15) is 4.79 Å². The minimum absolute atomic E-state index is 0.0320. The van der Waals surface area contributed by atoms with Gasteiger partial charge < -0.3 is 4.42 Å². The van der Waals surface area contributed by atoms with Gasteiger partial charge in [0.05, 0.1) is 5.01 Å². The molecule has 9 heteroatoms. The van der Waals surface area contributed by atoms with Crippen molar-refractivity contribution in [2.45, 2.75) is 20.4 Å². The lowest BCUT2D eigenvalue weighted by atomic mass is 10.4. The summed E-state index contributed by atoms with van der Waals surface area (Å²) in [4.78, 5) is 16.3. The van der Waals surface area contributed by atoms with Gasteiger partial charge in [0.15, 0.2) is 0 Å². The third kappa shape index (κ3) is 2.68. The largest absolute Gasteiger partial charge is 0.401 e. The first kappa shape index (κ1) is 13.4. The van der Waals surface area contributed by atoms with Crippen LogP contribution in [0.2, 0.25) is 0 Å². The first-order valence-corrected chi connectivity index (χ1v) is 7.14. The second-order valence-electron chi connectivity index (χ2n) is 4.15. The van der Waals surface area contributed by atoms with Gasteiger partial charge in [-0.05, 0) is 19.9 Å². The van der Waals surface area contributed by atoms with Crippen LogP contribution < -0.4 is 5.32 Å². The smallest absolute Gasteiger partial charge is 0.322 e. The lowest BCUT2D eigenvalue weighted by Crippen LogP contribution is -2.17. The van der Waals surface area contributed by atoms with E-state index < -0.39 is 0 Å². The van der Waals surface area contributed by atoms with E-state index in [2.05, 4.69) is 25.6 Å². The van der Waals surface area contributed by atoms with E-state index in [-0.39, 0.29) is 17.8 Å². The van der Waals surface area contributed by atoms with Crippen LogP contribution in [0.1, 0.15) is 22.4 Å². The summed E-state index contributed by atoms with van der Waals surface area (Å²) >= 11 is 1.49. The molecule has 0 saturated heterocycles. The Morgan fingerprint density at radius 1 is 1.48 bits per heavy atom. The summed E-state index contributed by atoms with van der Waals surface area (Å²) < 4.78 is 6.97. The summed E-state index contributed by atoms with van der Waals surface area (Å²) in [6.07, 6.45) is 1.57. The molecular formula is C12H12N6O2S. The van der Waals surface area contributed by atoms with Gasteiger partial charge in [-0.3, -0.25) is 14.8 Å². The molecule has 0 aliphatic rings. The predicted molar refractivity (Wildman–Crippen MR) is 76.0 cm³/mol. The topological polar surface area (TPSA) is 98.7 Å². The maximum absolute atomic E-state index is 12.1. The minimum Gasteiger partial charge on any atom is -0.401 e. The summed E-state index contributed by atoms with van der Waals surface area (Å²) in [6.45, 7) is 4.39. The van der Waals surface area contributed by atoms with Crippen molar-refractivity contribution in [1.29, 1.82) is 0 Å². The van der Waals surface area contributed by atoms with E-state index in [1.165, 1.54) is 11.3 Å². The quantitative estimate of drug-likeness (QED) is 0.791. The number of amides is 1. The van der Waals surface area contributed by atoms with E-state index in [4.69, 9.17) is 4.42 Å². The average molecular weight is 304 g/mol. The Kier molecular flexibility index (Phi) is 3.48. The summed E-state index contributed by atoms with van der Waals surface area (Å²) in [5.41, 5.74) is 1.03. The number of nitrogens with one attached hydrogen (secondary N) is 1. The molecule has 0 fully saturated rings. The monoisotopic (exact) mass is 304 g/mol. The molecule has 3 aromatic rings. The van der Waals surface area contributed by atoms with Gasteiger partial charge in [-0.15, -0.1) is 16.4 Å². The number of aryl methyl sites for hydroxylation is 2. The van der Waals surface area contributed by atoms with Crippen molar-refractivity contribution in [3.8, 4) is 11.6 Å². The third-order valence-corrected chi connectivity index (χ3v) is 3.51. The summed E-state index contributed by atoms with van der Waals surface area (Å²) in [5.74, 6) is -0.0716. The molecule has 0 aromatic carbocycles. The number of anilines is 1. The zero-order valence-electron chi connectivity index (χ0n) is 11.4. The number of aromatic nitrogens is 5. The molecule has 108 valence electrons. The van der Waals surface area contributed by atoms with E-state index in [0.717, 1.165) is 5.01 Å².